The number of carboxylic acids is 2. The fourth-order valence-corrected chi connectivity index (χ4v) is 1.56. The minimum absolute atomic E-state index is 0. The third-order valence-corrected chi connectivity index (χ3v) is 2.21. The second kappa shape index (κ2) is 10.7. The number of nitrogens with zero attached hydrogens (tertiary/aromatic N) is 1. The number of hydrogen-bond acceptors (Lipinski definition) is 6. The average molecular weight is 313 g/mol. The number of carbonyl (C=O) groups is 3. The molecule has 0 bridgehead atoms. The van der Waals surface area contributed by atoms with Crippen LogP contribution in [0.4, 0.5) is 0 Å². The Morgan fingerprint density at radius 3 is 2.00 bits per heavy atom. The number of carboxylic acid groups (broad SMARTS) is 2. The molecule has 0 unspecified atom stereocenters. The SMILES string of the molecule is C[N+](C)(C)C[C@@H](CC(=O)[O-])OC(=O)CCCC(=O)[O-].[K+]. The van der Waals surface area contributed by atoms with Gasteiger partial charge < -0.3 is 29.0 Å². The van der Waals surface area contributed by atoms with E-state index in [1.165, 1.54) is 0 Å². The van der Waals surface area contributed by atoms with E-state index in [0.717, 1.165) is 0 Å². The van der Waals surface area contributed by atoms with Gasteiger partial charge in [0.25, 0.3) is 0 Å². The van der Waals surface area contributed by atoms with Gasteiger partial charge in [0.1, 0.15) is 6.54 Å². The van der Waals surface area contributed by atoms with Crippen LogP contribution in [0.15, 0.2) is 0 Å². The van der Waals surface area contributed by atoms with Crippen molar-refractivity contribution in [2.24, 2.45) is 0 Å². The summed E-state index contributed by atoms with van der Waals surface area (Å²) in [6, 6.07) is 0. The Kier molecular flexibility index (Phi) is 11.9. The third-order valence-electron chi connectivity index (χ3n) is 2.21. The molecule has 0 aromatic rings. The van der Waals surface area contributed by atoms with Gasteiger partial charge in [-0.15, -0.1) is 0 Å². The number of quaternary nitrogens is 1. The van der Waals surface area contributed by atoms with Gasteiger partial charge in [0.2, 0.25) is 0 Å². The number of likely N-dealkylation sites (N-methyl/N-ethyl adjacent to an activating group) is 1. The minimum Gasteiger partial charge on any atom is -0.550 e. The largest absolute Gasteiger partial charge is 1.00 e. The molecule has 0 heterocycles. The first-order valence-electron chi connectivity index (χ1n) is 6.00. The molecule has 110 valence electrons. The second-order valence-corrected chi connectivity index (χ2v) is 5.39. The molecule has 0 aliphatic heterocycles. The number of ether oxygens (including phenoxy) is 1. The number of aliphatic carboxylic acids is 2. The fourth-order valence-electron chi connectivity index (χ4n) is 1.56. The number of carbonyl (C=O) groups excluding carboxylic acids is 3. The van der Waals surface area contributed by atoms with E-state index in [4.69, 9.17) is 4.74 Å². The van der Waals surface area contributed by atoms with Gasteiger partial charge in [-0.25, -0.2) is 0 Å². The van der Waals surface area contributed by atoms with E-state index in [-0.39, 0.29) is 77.1 Å². The van der Waals surface area contributed by atoms with E-state index < -0.39 is 24.0 Å². The van der Waals surface area contributed by atoms with Crippen LogP contribution in [0.1, 0.15) is 25.7 Å². The van der Waals surface area contributed by atoms with Crippen molar-refractivity contribution in [1.29, 1.82) is 0 Å². The zero-order chi connectivity index (χ0) is 15.1. The standard InChI is InChI=1S/C12H21NO6.K/c1-13(2,3)8-9(7-11(16)17)19-12(18)6-4-5-10(14)15;/h9H,4-8H2,1-3H3,(H-,14,15,16,17);/q;+1/p-1/t9-;/m1./s1. The van der Waals surface area contributed by atoms with Crippen molar-refractivity contribution < 1.29 is 85.2 Å². The van der Waals surface area contributed by atoms with Crippen LogP contribution in [0.2, 0.25) is 0 Å². The van der Waals surface area contributed by atoms with Crippen LogP contribution in [0.5, 0.6) is 0 Å². The van der Waals surface area contributed by atoms with E-state index in [9.17, 15) is 24.6 Å². The molecule has 0 aromatic heterocycles. The van der Waals surface area contributed by atoms with Gasteiger partial charge in [-0.05, 0) is 12.8 Å². The Labute approximate surface area is 161 Å². The van der Waals surface area contributed by atoms with Crippen molar-refractivity contribution in [1.82, 2.24) is 0 Å². The first kappa shape index (κ1) is 22.3. The summed E-state index contributed by atoms with van der Waals surface area (Å²) in [5.41, 5.74) is 0. The predicted molar refractivity (Wildman–Crippen MR) is 61.3 cm³/mol. The summed E-state index contributed by atoms with van der Waals surface area (Å²) in [5.74, 6) is -3.13. The summed E-state index contributed by atoms with van der Waals surface area (Å²) < 4.78 is 5.47. The van der Waals surface area contributed by atoms with Crippen LogP contribution in [0.25, 0.3) is 0 Å². The minimum atomic E-state index is -1.29. The predicted octanol–water partition coefficient (Wildman–Crippen LogP) is -5.33. The quantitative estimate of drug-likeness (QED) is 0.239. The van der Waals surface area contributed by atoms with E-state index in [2.05, 4.69) is 0 Å². The van der Waals surface area contributed by atoms with Crippen molar-refractivity contribution in [3.63, 3.8) is 0 Å². The Bertz CT molecular complexity index is 339. The Hall–Kier alpha value is 0.00636. The molecule has 1 atom stereocenters. The molecule has 0 aliphatic rings. The summed E-state index contributed by atoms with van der Waals surface area (Å²) in [4.78, 5) is 32.2. The maximum atomic E-state index is 11.4. The monoisotopic (exact) mass is 313 g/mol. The van der Waals surface area contributed by atoms with E-state index in [0.29, 0.717) is 11.0 Å². The molecular formula is C12H20KNO6. The van der Waals surface area contributed by atoms with Gasteiger partial charge in [-0.1, -0.05) is 0 Å². The van der Waals surface area contributed by atoms with Crippen LogP contribution in [-0.2, 0) is 19.1 Å². The smallest absolute Gasteiger partial charge is 0.550 e. The number of hydrogen-bond donors (Lipinski definition) is 0. The van der Waals surface area contributed by atoms with Crippen molar-refractivity contribution in [2.75, 3.05) is 27.7 Å². The average Bonchev–Trinajstić information content (AvgIpc) is 2.12. The summed E-state index contributed by atoms with van der Waals surface area (Å²) in [6.07, 6.45) is -1.34. The molecule has 0 aliphatic carbocycles. The van der Waals surface area contributed by atoms with Crippen LogP contribution in [0, 0.1) is 0 Å². The van der Waals surface area contributed by atoms with Gasteiger partial charge in [0, 0.05) is 24.8 Å². The summed E-state index contributed by atoms with van der Waals surface area (Å²) >= 11 is 0. The molecule has 0 saturated heterocycles. The van der Waals surface area contributed by atoms with Gasteiger partial charge in [0.05, 0.1) is 21.1 Å². The summed E-state index contributed by atoms with van der Waals surface area (Å²) in [7, 11) is 5.52. The van der Waals surface area contributed by atoms with Crippen molar-refractivity contribution in [3.8, 4) is 0 Å². The molecule has 8 heteroatoms. The zero-order valence-corrected chi connectivity index (χ0v) is 15.6. The molecule has 0 spiro atoms. The van der Waals surface area contributed by atoms with Crippen molar-refractivity contribution in [3.05, 3.63) is 0 Å². The molecule has 0 rings (SSSR count). The molecule has 7 nitrogen and oxygen atoms in total. The van der Waals surface area contributed by atoms with Crippen molar-refractivity contribution in [2.45, 2.75) is 31.8 Å². The first-order valence-corrected chi connectivity index (χ1v) is 6.00. The van der Waals surface area contributed by atoms with Crippen LogP contribution in [-0.4, -0.2) is 56.2 Å². The molecule has 20 heavy (non-hydrogen) atoms. The van der Waals surface area contributed by atoms with E-state index >= 15 is 0 Å². The van der Waals surface area contributed by atoms with Crippen LogP contribution < -0.4 is 61.6 Å². The maximum Gasteiger partial charge on any atom is 1.00 e. The van der Waals surface area contributed by atoms with Gasteiger partial charge in [-0.2, -0.15) is 0 Å². The van der Waals surface area contributed by atoms with Gasteiger partial charge >= 0.3 is 57.4 Å². The molecule has 0 fully saturated rings. The summed E-state index contributed by atoms with van der Waals surface area (Å²) in [6.45, 7) is 0.334. The Balaban J connectivity index is 0. The molecule has 0 amide bonds. The molecular weight excluding hydrogens is 293 g/mol. The first-order chi connectivity index (χ1) is 8.60. The molecule has 0 aromatic carbocycles. The fraction of sp³-hybridized carbons (Fsp3) is 0.750. The molecule has 0 N–H and O–H groups in total. The second-order valence-electron chi connectivity index (χ2n) is 5.39. The Morgan fingerprint density at radius 1 is 1.05 bits per heavy atom. The maximum absolute atomic E-state index is 11.4. The van der Waals surface area contributed by atoms with Crippen molar-refractivity contribution >= 4 is 17.9 Å². The Morgan fingerprint density at radius 2 is 1.60 bits per heavy atom. The van der Waals surface area contributed by atoms with Gasteiger partial charge in [-0.3, -0.25) is 4.79 Å². The normalized spacial score (nSPS) is 12.2. The van der Waals surface area contributed by atoms with Gasteiger partial charge in [0.15, 0.2) is 6.10 Å². The number of rotatable bonds is 9. The summed E-state index contributed by atoms with van der Waals surface area (Å²) in [5, 5.41) is 20.8. The van der Waals surface area contributed by atoms with Crippen LogP contribution >= 0.6 is 0 Å². The number of esters is 1. The van der Waals surface area contributed by atoms with E-state index in [1.807, 2.05) is 21.1 Å². The van der Waals surface area contributed by atoms with E-state index in [1.54, 1.807) is 0 Å². The van der Waals surface area contributed by atoms with Crippen LogP contribution in [0.3, 0.4) is 0 Å². The molecule has 0 saturated carbocycles. The topological polar surface area (TPSA) is 107 Å². The molecule has 0 radical (unpaired) electrons. The zero-order valence-electron chi connectivity index (χ0n) is 12.5. The third kappa shape index (κ3) is 14.4.